The molecule has 1 aromatic heterocycles. The summed E-state index contributed by atoms with van der Waals surface area (Å²) in [5.74, 6) is -0.251. The third kappa shape index (κ3) is 2.33. The van der Waals surface area contributed by atoms with Crippen LogP contribution in [0.5, 0.6) is 0 Å². The molecule has 0 aliphatic carbocycles. The van der Waals surface area contributed by atoms with Gasteiger partial charge in [-0.1, -0.05) is 11.3 Å². The number of aromatic nitrogens is 1. The van der Waals surface area contributed by atoms with E-state index in [1.165, 1.54) is 11.8 Å². The first-order valence-corrected chi connectivity index (χ1v) is 7.58. The number of sulfonamides is 1. The van der Waals surface area contributed by atoms with Gasteiger partial charge in [-0.3, -0.25) is 9.59 Å². The van der Waals surface area contributed by atoms with Gasteiger partial charge in [0.05, 0.1) is 0 Å². The fourth-order valence-corrected chi connectivity index (χ4v) is 4.36. The smallest absolute Gasteiger partial charge is 0.305 e. The van der Waals surface area contributed by atoms with Gasteiger partial charge in [0.1, 0.15) is 6.04 Å². The van der Waals surface area contributed by atoms with Gasteiger partial charge in [0.25, 0.3) is 10.0 Å². The summed E-state index contributed by atoms with van der Waals surface area (Å²) in [6.07, 6.45) is 0.437. The van der Waals surface area contributed by atoms with Crippen LogP contribution < -0.4 is 9.60 Å². The van der Waals surface area contributed by atoms with E-state index >= 15 is 0 Å². The fourth-order valence-electron chi connectivity index (χ4n) is 1.82. The van der Waals surface area contributed by atoms with Crippen molar-refractivity contribution in [1.29, 1.82) is 0 Å². The van der Waals surface area contributed by atoms with Crippen LogP contribution in [0.2, 0.25) is 0 Å². The average molecular weight is 291 g/mol. The molecule has 1 aromatic rings. The van der Waals surface area contributed by atoms with Gasteiger partial charge in [-0.05, 0) is 13.3 Å². The number of nitrogens with one attached hydrogen (secondary N) is 2. The highest BCUT2D eigenvalue weighted by molar-refractivity contribution is 7.91. The SMILES string of the molecule is Cc1[nH]c(=O)sc1S(=O)(=O)NC1CCN(C)C1=O. The first-order valence-electron chi connectivity index (χ1n) is 5.28. The number of carbonyl (C=O) groups excluding carboxylic acids is 1. The maximum absolute atomic E-state index is 12.0. The molecule has 1 unspecified atom stereocenters. The molecular weight excluding hydrogens is 278 g/mol. The first kappa shape index (κ1) is 13.2. The number of aromatic amines is 1. The minimum absolute atomic E-state index is 0.0603. The lowest BCUT2D eigenvalue weighted by atomic mass is 10.3. The number of aryl methyl sites for hydroxylation is 1. The van der Waals surface area contributed by atoms with E-state index in [4.69, 9.17) is 0 Å². The standard InChI is InChI=1S/C9H13N3O4S2/c1-5-8(17-9(14)10-5)18(15,16)11-6-3-4-12(2)7(6)13/h6,11H,3-4H2,1-2H3,(H,10,14). The molecule has 0 radical (unpaired) electrons. The molecule has 0 saturated carbocycles. The van der Waals surface area contributed by atoms with E-state index in [9.17, 15) is 18.0 Å². The van der Waals surface area contributed by atoms with Crippen LogP contribution in [0.4, 0.5) is 0 Å². The molecule has 1 atom stereocenters. The molecule has 1 saturated heterocycles. The highest BCUT2D eigenvalue weighted by Crippen LogP contribution is 2.18. The molecule has 2 N–H and O–H groups in total. The summed E-state index contributed by atoms with van der Waals surface area (Å²) in [7, 11) is -2.20. The van der Waals surface area contributed by atoms with Gasteiger partial charge in [-0.2, -0.15) is 4.72 Å². The number of thiazole rings is 1. The number of H-pyrrole nitrogens is 1. The number of carbonyl (C=O) groups is 1. The van der Waals surface area contributed by atoms with Crippen LogP contribution in [-0.4, -0.2) is 43.8 Å². The molecule has 2 rings (SSSR count). The van der Waals surface area contributed by atoms with E-state index in [-0.39, 0.29) is 15.8 Å². The number of hydrogen-bond acceptors (Lipinski definition) is 5. The molecule has 1 fully saturated rings. The second-order valence-corrected chi connectivity index (χ2v) is 7.04. The maximum atomic E-state index is 12.0. The molecule has 7 nitrogen and oxygen atoms in total. The average Bonchev–Trinajstić information content (AvgIpc) is 2.75. The van der Waals surface area contributed by atoms with Gasteiger partial charge >= 0.3 is 4.87 Å². The maximum Gasteiger partial charge on any atom is 0.305 e. The van der Waals surface area contributed by atoms with E-state index in [1.54, 1.807) is 7.05 Å². The first-order chi connectivity index (χ1) is 8.31. The summed E-state index contributed by atoms with van der Waals surface area (Å²) in [6, 6.07) is -0.739. The molecular formula is C9H13N3O4S2. The number of hydrogen-bond donors (Lipinski definition) is 2. The minimum Gasteiger partial charge on any atom is -0.344 e. The molecule has 0 bridgehead atoms. The van der Waals surface area contributed by atoms with Crippen molar-refractivity contribution in [2.75, 3.05) is 13.6 Å². The minimum atomic E-state index is -3.82. The summed E-state index contributed by atoms with van der Waals surface area (Å²) in [5, 5.41) is 0. The van der Waals surface area contributed by atoms with Crippen LogP contribution >= 0.6 is 11.3 Å². The molecule has 1 aliphatic rings. The van der Waals surface area contributed by atoms with Gasteiger partial charge in [-0.15, -0.1) is 0 Å². The van der Waals surface area contributed by atoms with Crippen molar-refractivity contribution in [2.45, 2.75) is 23.6 Å². The predicted octanol–water partition coefficient (Wildman–Crippen LogP) is -0.746. The Morgan fingerprint density at radius 3 is 2.56 bits per heavy atom. The van der Waals surface area contributed by atoms with Crippen molar-refractivity contribution in [3.05, 3.63) is 15.4 Å². The molecule has 9 heteroatoms. The van der Waals surface area contributed by atoms with E-state index in [0.29, 0.717) is 24.3 Å². The fraction of sp³-hybridized carbons (Fsp3) is 0.556. The largest absolute Gasteiger partial charge is 0.344 e. The Morgan fingerprint density at radius 1 is 1.44 bits per heavy atom. The molecule has 2 heterocycles. The molecule has 0 aromatic carbocycles. The Labute approximate surface area is 108 Å². The summed E-state index contributed by atoms with van der Waals surface area (Å²) in [4.78, 5) is 26.2. The lowest BCUT2D eigenvalue weighted by Crippen LogP contribution is -2.40. The van der Waals surface area contributed by atoms with Crippen LogP contribution in [0.15, 0.2) is 9.00 Å². The van der Waals surface area contributed by atoms with Crippen LogP contribution in [0.1, 0.15) is 12.1 Å². The second-order valence-electron chi connectivity index (χ2n) is 4.15. The van der Waals surface area contributed by atoms with Crippen LogP contribution in [-0.2, 0) is 14.8 Å². The molecule has 1 aliphatic heterocycles. The highest BCUT2D eigenvalue weighted by Gasteiger charge is 2.34. The van der Waals surface area contributed by atoms with Crippen molar-refractivity contribution in [1.82, 2.24) is 14.6 Å². The number of likely N-dealkylation sites (N-methyl/N-ethyl adjacent to an activating group) is 1. The zero-order valence-corrected chi connectivity index (χ0v) is 11.5. The predicted molar refractivity (Wildman–Crippen MR) is 66.0 cm³/mol. The van der Waals surface area contributed by atoms with E-state index in [0.717, 1.165) is 0 Å². The van der Waals surface area contributed by atoms with E-state index < -0.39 is 20.9 Å². The van der Waals surface area contributed by atoms with Crippen LogP contribution in [0.25, 0.3) is 0 Å². The quantitative estimate of drug-likeness (QED) is 0.765. The van der Waals surface area contributed by atoms with Gasteiger partial charge in [0.2, 0.25) is 5.91 Å². The van der Waals surface area contributed by atoms with Crippen LogP contribution in [0.3, 0.4) is 0 Å². The zero-order chi connectivity index (χ0) is 13.5. The lowest BCUT2D eigenvalue weighted by Gasteiger charge is -2.11. The lowest BCUT2D eigenvalue weighted by molar-refractivity contribution is -0.127. The summed E-state index contributed by atoms with van der Waals surface area (Å²) < 4.78 is 26.4. The topological polar surface area (TPSA) is 99.3 Å². The Hall–Kier alpha value is -1.19. The van der Waals surface area contributed by atoms with Crippen LogP contribution in [0, 0.1) is 6.92 Å². The van der Waals surface area contributed by atoms with Crippen molar-refractivity contribution in [3.8, 4) is 0 Å². The third-order valence-corrected chi connectivity index (χ3v) is 5.83. The van der Waals surface area contributed by atoms with E-state index in [1.807, 2.05) is 0 Å². The van der Waals surface area contributed by atoms with Gasteiger partial charge in [-0.25, -0.2) is 8.42 Å². The second kappa shape index (κ2) is 4.48. The van der Waals surface area contributed by atoms with Crippen molar-refractivity contribution >= 4 is 27.3 Å². The molecule has 1 amide bonds. The summed E-state index contributed by atoms with van der Waals surface area (Å²) >= 11 is 0.620. The highest BCUT2D eigenvalue weighted by atomic mass is 32.2. The number of nitrogens with zero attached hydrogens (tertiary/aromatic N) is 1. The van der Waals surface area contributed by atoms with E-state index in [2.05, 4.69) is 9.71 Å². The molecule has 18 heavy (non-hydrogen) atoms. The number of rotatable bonds is 3. The van der Waals surface area contributed by atoms with Crippen molar-refractivity contribution in [2.24, 2.45) is 0 Å². The monoisotopic (exact) mass is 291 g/mol. The van der Waals surface area contributed by atoms with Crippen molar-refractivity contribution < 1.29 is 13.2 Å². The Kier molecular flexibility index (Phi) is 3.30. The number of likely N-dealkylation sites (tertiary alicyclic amines) is 1. The molecule has 100 valence electrons. The number of amides is 1. The Bertz CT molecular complexity index is 630. The van der Waals surface area contributed by atoms with Gasteiger partial charge in [0.15, 0.2) is 4.21 Å². The Balaban J connectivity index is 2.26. The molecule has 0 spiro atoms. The third-order valence-electron chi connectivity index (χ3n) is 2.75. The Morgan fingerprint density at radius 2 is 2.11 bits per heavy atom. The summed E-state index contributed by atoms with van der Waals surface area (Å²) in [5.41, 5.74) is 0.288. The normalized spacial score (nSPS) is 20.7. The van der Waals surface area contributed by atoms with Crippen molar-refractivity contribution in [3.63, 3.8) is 0 Å². The zero-order valence-electron chi connectivity index (χ0n) is 9.89. The summed E-state index contributed by atoms with van der Waals surface area (Å²) in [6.45, 7) is 2.03. The van der Waals surface area contributed by atoms with Gasteiger partial charge < -0.3 is 9.88 Å². The van der Waals surface area contributed by atoms with Gasteiger partial charge in [0, 0.05) is 19.3 Å².